The van der Waals surface area contributed by atoms with Crippen molar-refractivity contribution < 1.29 is 24.5 Å². The third-order valence-electron chi connectivity index (χ3n) is 12.6. The highest BCUT2D eigenvalue weighted by Crippen LogP contribution is 2.18. The summed E-state index contributed by atoms with van der Waals surface area (Å²) in [4.78, 5) is 26.2. The Bertz CT molecular complexity index is 1160. The number of aliphatic hydroxyl groups is 2. The Hall–Kier alpha value is -2.44. The number of allylic oxidation sites excluding steroid dienone is 10. The maximum atomic E-state index is 13.2. The third-order valence-corrected chi connectivity index (χ3v) is 12.6. The molecule has 0 aliphatic carbocycles. The SMILES string of the molecule is CC/C=C\C/C=C\C/C=C\C/C=C\C/C=C\CCCC(CC(=O)NC(CO)C(O)CCCCCCCCCCCCCC)OC(=O)CCCCCCCCCCCCCCCCCCC. The third kappa shape index (κ3) is 47.8. The van der Waals surface area contributed by atoms with Gasteiger partial charge in [-0.1, -0.05) is 261 Å². The minimum absolute atomic E-state index is 0.0400. The Morgan fingerprint density at radius 3 is 1.23 bits per heavy atom. The molecule has 0 fully saturated rings. The van der Waals surface area contributed by atoms with Gasteiger partial charge in [0, 0.05) is 6.42 Å². The van der Waals surface area contributed by atoms with E-state index in [1.54, 1.807) is 0 Å². The van der Waals surface area contributed by atoms with Crippen molar-refractivity contribution in [1.29, 1.82) is 0 Å². The summed E-state index contributed by atoms with van der Waals surface area (Å²) in [6.45, 7) is 6.37. The lowest BCUT2D eigenvalue weighted by atomic mass is 10.0. The van der Waals surface area contributed by atoms with E-state index >= 15 is 0 Å². The van der Waals surface area contributed by atoms with Crippen LogP contribution in [0.1, 0.15) is 278 Å². The maximum Gasteiger partial charge on any atom is 0.306 e. The van der Waals surface area contributed by atoms with Gasteiger partial charge in [0.25, 0.3) is 0 Å². The van der Waals surface area contributed by atoms with Crippen LogP contribution in [-0.2, 0) is 14.3 Å². The van der Waals surface area contributed by atoms with Gasteiger partial charge >= 0.3 is 5.97 Å². The van der Waals surface area contributed by atoms with E-state index in [1.807, 2.05) is 0 Å². The Kier molecular flexibility index (Phi) is 50.6. The molecule has 0 radical (unpaired) electrons. The molecule has 3 N–H and O–H groups in total. The maximum absolute atomic E-state index is 13.2. The zero-order valence-corrected chi connectivity index (χ0v) is 43.1. The molecular formula is C59H107NO5. The molecule has 3 atom stereocenters. The summed E-state index contributed by atoms with van der Waals surface area (Å²) in [7, 11) is 0. The molecule has 3 unspecified atom stereocenters. The van der Waals surface area contributed by atoms with Crippen LogP contribution in [-0.4, -0.2) is 46.9 Å². The first-order valence-electron chi connectivity index (χ1n) is 28.0. The Morgan fingerprint density at radius 2 is 0.831 bits per heavy atom. The smallest absolute Gasteiger partial charge is 0.306 e. The molecule has 378 valence electrons. The lowest BCUT2D eigenvalue weighted by Crippen LogP contribution is -2.46. The number of nitrogens with one attached hydrogen (secondary N) is 1. The van der Waals surface area contributed by atoms with Gasteiger partial charge in [-0.15, -0.1) is 0 Å². The zero-order chi connectivity index (χ0) is 47.4. The molecule has 1 amide bonds. The van der Waals surface area contributed by atoms with Gasteiger partial charge in [-0.05, 0) is 64.2 Å². The standard InChI is InChI=1S/C59H107NO5/c1-4-7-10-13-16-19-22-25-27-29-31-33-35-38-41-44-47-50-55(65-59(64)52-49-46-43-40-37-34-32-30-28-26-23-20-17-14-11-8-5-2)53-58(63)60-56(54-61)57(62)51-48-45-42-39-36-24-21-18-15-12-9-6-3/h7,10,16,19,25,27,31,33,38,41,55-57,61-62H,4-6,8-9,11-15,17-18,20-24,26,28-30,32,34-37,39-40,42-54H2,1-3H3,(H,60,63)/b10-7-,19-16-,27-25-,33-31-,41-38-. The second-order valence-corrected chi connectivity index (χ2v) is 19.0. The molecule has 0 aliphatic heterocycles. The summed E-state index contributed by atoms with van der Waals surface area (Å²) in [6, 6.07) is -0.720. The van der Waals surface area contributed by atoms with Crippen LogP contribution in [0.2, 0.25) is 0 Å². The van der Waals surface area contributed by atoms with E-state index in [0.717, 1.165) is 83.5 Å². The molecule has 0 aromatic rings. The predicted octanol–water partition coefficient (Wildman–Crippen LogP) is 17.2. The van der Waals surface area contributed by atoms with Crippen LogP contribution >= 0.6 is 0 Å². The number of unbranched alkanes of at least 4 members (excludes halogenated alkanes) is 28. The summed E-state index contributed by atoms with van der Waals surface area (Å²) in [5.74, 6) is -0.521. The van der Waals surface area contributed by atoms with Gasteiger partial charge in [-0.3, -0.25) is 9.59 Å². The molecule has 6 nitrogen and oxygen atoms in total. The van der Waals surface area contributed by atoms with Gasteiger partial charge in [-0.2, -0.15) is 0 Å². The van der Waals surface area contributed by atoms with Crippen molar-refractivity contribution in [3.05, 3.63) is 60.8 Å². The summed E-state index contributed by atoms with van der Waals surface area (Å²) in [5, 5.41) is 23.8. The van der Waals surface area contributed by atoms with E-state index in [2.05, 4.69) is 86.8 Å². The molecule has 0 aliphatic rings. The van der Waals surface area contributed by atoms with Gasteiger partial charge in [0.1, 0.15) is 6.10 Å². The van der Waals surface area contributed by atoms with Crippen molar-refractivity contribution in [2.45, 2.75) is 296 Å². The van der Waals surface area contributed by atoms with Crippen molar-refractivity contribution in [2.75, 3.05) is 6.61 Å². The average molecular weight is 911 g/mol. The number of ether oxygens (including phenoxy) is 1. The summed E-state index contributed by atoms with van der Waals surface area (Å²) in [5.41, 5.74) is 0. The molecule has 0 bridgehead atoms. The fraction of sp³-hybridized carbons (Fsp3) is 0.797. The number of hydrogen-bond donors (Lipinski definition) is 3. The second-order valence-electron chi connectivity index (χ2n) is 19.0. The van der Waals surface area contributed by atoms with Crippen LogP contribution in [0.25, 0.3) is 0 Å². The van der Waals surface area contributed by atoms with Crippen molar-refractivity contribution in [3.63, 3.8) is 0 Å². The van der Waals surface area contributed by atoms with Gasteiger partial charge in [0.05, 0.1) is 25.2 Å². The molecule has 0 heterocycles. The number of rotatable bonds is 50. The van der Waals surface area contributed by atoms with E-state index in [-0.39, 0.29) is 24.9 Å². The molecule has 6 heteroatoms. The molecule has 65 heavy (non-hydrogen) atoms. The highest BCUT2D eigenvalue weighted by atomic mass is 16.5. The number of hydrogen-bond acceptors (Lipinski definition) is 5. The molecule has 0 aromatic heterocycles. The second kappa shape index (κ2) is 52.5. The van der Waals surface area contributed by atoms with Crippen LogP contribution in [0.15, 0.2) is 60.8 Å². The molecule has 0 spiro atoms. The van der Waals surface area contributed by atoms with E-state index in [4.69, 9.17) is 4.74 Å². The van der Waals surface area contributed by atoms with Gasteiger partial charge < -0.3 is 20.3 Å². The first-order chi connectivity index (χ1) is 32.0. The highest BCUT2D eigenvalue weighted by Gasteiger charge is 2.24. The van der Waals surface area contributed by atoms with Crippen LogP contribution in [0, 0.1) is 0 Å². The van der Waals surface area contributed by atoms with Crippen LogP contribution in [0.4, 0.5) is 0 Å². The topological polar surface area (TPSA) is 95.9 Å². The Labute approximate surface area is 403 Å². The van der Waals surface area contributed by atoms with Crippen LogP contribution in [0.3, 0.4) is 0 Å². The quantitative estimate of drug-likeness (QED) is 0.0321. The summed E-state index contributed by atoms with van der Waals surface area (Å²) < 4.78 is 5.93. The monoisotopic (exact) mass is 910 g/mol. The Morgan fingerprint density at radius 1 is 0.462 bits per heavy atom. The van der Waals surface area contributed by atoms with Gasteiger partial charge in [0.2, 0.25) is 5.91 Å². The fourth-order valence-corrected chi connectivity index (χ4v) is 8.41. The van der Waals surface area contributed by atoms with Crippen LogP contribution in [0.5, 0.6) is 0 Å². The number of carbonyl (C=O) groups excluding carboxylic acids is 2. The average Bonchev–Trinajstić information content (AvgIpc) is 3.30. The molecule has 0 aromatic carbocycles. The first-order valence-corrected chi connectivity index (χ1v) is 28.0. The number of amides is 1. The van der Waals surface area contributed by atoms with Crippen LogP contribution < -0.4 is 5.32 Å². The van der Waals surface area contributed by atoms with Crippen molar-refractivity contribution >= 4 is 11.9 Å². The number of esters is 1. The molecular weight excluding hydrogens is 803 g/mol. The number of carbonyl (C=O) groups is 2. The molecule has 0 saturated heterocycles. The van der Waals surface area contributed by atoms with Crippen molar-refractivity contribution in [3.8, 4) is 0 Å². The molecule has 0 saturated carbocycles. The highest BCUT2D eigenvalue weighted by molar-refractivity contribution is 5.77. The van der Waals surface area contributed by atoms with Crippen molar-refractivity contribution in [2.24, 2.45) is 0 Å². The summed E-state index contributed by atoms with van der Waals surface area (Å²) >= 11 is 0. The van der Waals surface area contributed by atoms with Gasteiger partial charge in [-0.25, -0.2) is 0 Å². The minimum Gasteiger partial charge on any atom is -0.462 e. The van der Waals surface area contributed by atoms with E-state index in [1.165, 1.54) is 148 Å². The van der Waals surface area contributed by atoms with Crippen molar-refractivity contribution in [1.82, 2.24) is 5.32 Å². The van der Waals surface area contributed by atoms with Gasteiger partial charge in [0.15, 0.2) is 0 Å². The first kappa shape index (κ1) is 62.6. The summed E-state index contributed by atoms with van der Waals surface area (Å²) in [6.07, 6.45) is 65.7. The van der Waals surface area contributed by atoms with E-state index in [0.29, 0.717) is 19.3 Å². The largest absolute Gasteiger partial charge is 0.462 e. The fourth-order valence-electron chi connectivity index (χ4n) is 8.41. The minimum atomic E-state index is -0.803. The lowest BCUT2D eigenvalue weighted by Gasteiger charge is -2.24. The Balaban J connectivity index is 4.65. The van der Waals surface area contributed by atoms with E-state index in [9.17, 15) is 19.8 Å². The lowest BCUT2D eigenvalue weighted by molar-refractivity contribution is -0.151. The zero-order valence-electron chi connectivity index (χ0n) is 43.1. The number of aliphatic hydroxyl groups excluding tert-OH is 2. The normalized spacial score (nSPS) is 13.6. The van der Waals surface area contributed by atoms with E-state index < -0.39 is 18.2 Å². The predicted molar refractivity (Wildman–Crippen MR) is 282 cm³/mol. The molecule has 0 rings (SSSR count).